The largest absolute Gasteiger partial charge is 0.479 e. The fraction of sp³-hybridized carbons (Fsp3) is 0.353. The molecule has 0 unspecified atom stereocenters. The molecule has 2 heterocycles. The molecule has 0 bridgehead atoms. The van der Waals surface area contributed by atoms with E-state index in [4.69, 9.17) is 16.7 Å². The number of aromatic nitrogens is 2. The van der Waals surface area contributed by atoms with Gasteiger partial charge in [0.05, 0.1) is 23.1 Å². The Kier molecular flexibility index (Phi) is 4.53. The Labute approximate surface area is 149 Å². The zero-order valence-electron chi connectivity index (χ0n) is 13.6. The molecule has 25 heavy (non-hydrogen) atoms. The van der Waals surface area contributed by atoms with Crippen LogP contribution in [0, 0.1) is 6.92 Å². The number of benzene rings is 1. The Morgan fingerprint density at radius 3 is 2.56 bits per heavy atom. The number of hydrogen-bond donors (Lipinski definition) is 2. The lowest BCUT2D eigenvalue weighted by Crippen LogP contribution is -2.50. The fourth-order valence-electron chi connectivity index (χ4n) is 2.95. The van der Waals surface area contributed by atoms with Gasteiger partial charge in [-0.1, -0.05) is 17.7 Å². The number of carboxylic acid groups (broad SMARTS) is 1. The number of carbonyl (C=O) groups is 2. The molecule has 0 aliphatic carbocycles. The van der Waals surface area contributed by atoms with Crippen LogP contribution in [0.1, 0.15) is 28.9 Å². The van der Waals surface area contributed by atoms with E-state index < -0.39 is 11.6 Å². The van der Waals surface area contributed by atoms with Crippen LogP contribution in [0.15, 0.2) is 30.5 Å². The zero-order valence-corrected chi connectivity index (χ0v) is 14.4. The third-order valence-corrected chi connectivity index (χ3v) is 4.80. The van der Waals surface area contributed by atoms with Crippen LogP contribution in [0.25, 0.3) is 5.69 Å². The molecule has 2 N–H and O–H groups in total. The van der Waals surface area contributed by atoms with Gasteiger partial charge in [-0.2, -0.15) is 5.10 Å². The lowest BCUT2D eigenvalue weighted by Gasteiger charge is -2.35. The second-order valence-electron chi connectivity index (χ2n) is 6.16. The lowest BCUT2D eigenvalue weighted by atomic mass is 9.91. The monoisotopic (exact) mass is 363 g/mol. The molecular formula is C17H18ClN3O4. The maximum absolute atomic E-state index is 12.7. The van der Waals surface area contributed by atoms with Crippen molar-refractivity contribution in [1.82, 2.24) is 14.7 Å². The summed E-state index contributed by atoms with van der Waals surface area (Å²) < 4.78 is 1.64. The van der Waals surface area contributed by atoms with E-state index in [0.29, 0.717) is 16.3 Å². The number of carbonyl (C=O) groups excluding carboxylic acids is 1. The maximum atomic E-state index is 12.7. The van der Waals surface area contributed by atoms with Crippen molar-refractivity contribution in [3.05, 3.63) is 46.7 Å². The van der Waals surface area contributed by atoms with Gasteiger partial charge in [0, 0.05) is 31.0 Å². The van der Waals surface area contributed by atoms with E-state index in [1.54, 1.807) is 34.7 Å². The summed E-state index contributed by atoms with van der Waals surface area (Å²) in [5.41, 5.74) is 0.117. The highest BCUT2D eigenvalue weighted by Crippen LogP contribution is 2.25. The average molecular weight is 364 g/mol. The van der Waals surface area contributed by atoms with Gasteiger partial charge in [-0.15, -0.1) is 0 Å². The lowest BCUT2D eigenvalue weighted by molar-refractivity contribution is -0.162. The third kappa shape index (κ3) is 3.25. The first-order valence-corrected chi connectivity index (χ1v) is 8.25. The van der Waals surface area contributed by atoms with Gasteiger partial charge in [0.25, 0.3) is 5.91 Å². The minimum Gasteiger partial charge on any atom is -0.479 e. The van der Waals surface area contributed by atoms with Crippen molar-refractivity contribution in [3.8, 4) is 5.69 Å². The molecule has 1 aromatic heterocycles. The molecule has 3 rings (SSSR count). The first-order valence-electron chi connectivity index (χ1n) is 7.87. The SMILES string of the molecule is Cc1c(C(=O)N2CCC(O)(C(=O)O)CC2)cnn1-c1cccc(Cl)c1. The van der Waals surface area contributed by atoms with Crippen molar-refractivity contribution in [3.63, 3.8) is 0 Å². The molecule has 1 fully saturated rings. The summed E-state index contributed by atoms with van der Waals surface area (Å²) in [6.07, 6.45) is 1.52. The Hall–Kier alpha value is -2.38. The smallest absolute Gasteiger partial charge is 0.335 e. The Morgan fingerprint density at radius 1 is 1.28 bits per heavy atom. The standard InChI is InChI=1S/C17H18ClN3O4/c1-11-14(10-19-21(11)13-4-2-3-12(18)9-13)15(22)20-7-5-17(25,6-8-20)16(23)24/h2-4,9-10,25H,5-8H2,1H3,(H,23,24). The van der Waals surface area contributed by atoms with Crippen LogP contribution >= 0.6 is 11.6 Å². The molecule has 1 amide bonds. The van der Waals surface area contributed by atoms with Gasteiger partial charge in [0.15, 0.2) is 5.60 Å². The van der Waals surface area contributed by atoms with Crippen LogP contribution in [0.3, 0.4) is 0 Å². The molecule has 7 nitrogen and oxygen atoms in total. The molecule has 1 aliphatic rings. The number of carboxylic acids is 1. The number of hydrogen-bond acceptors (Lipinski definition) is 4. The number of aliphatic hydroxyl groups is 1. The molecule has 0 saturated carbocycles. The second kappa shape index (κ2) is 6.50. The van der Waals surface area contributed by atoms with Gasteiger partial charge in [0.2, 0.25) is 0 Å². The predicted octanol–water partition coefficient (Wildman–Crippen LogP) is 1.89. The molecule has 8 heteroatoms. The van der Waals surface area contributed by atoms with Crippen LogP contribution in [0.4, 0.5) is 0 Å². The van der Waals surface area contributed by atoms with Crippen molar-refractivity contribution < 1.29 is 19.8 Å². The number of likely N-dealkylation sites (tertiary alicyclic amines) is 1. The molecule has 1 aliphatic heterocycles. The van der Waals surface area contributed by atoms with Gasteiger partial charge >= 0.3 is 5.97 Å². The summed E-state index contributed by atoms with van der Waals surface area (Å²) in [4.78, 5) is 25.4. The molecular weight excluding hydrogens is 346 g/mol. The fourth-order valence-corrected chi connectivity index (χ4v) is 3.14. The quantitative estimate of drug-likeness (QED) is 0.868. The van der Waals surface area contributed by atoms with Crippen molar-refractivity contribution in [1.29, 1.82) is 0 Å². The van der Waals surface area contributed by atoms with Crippen LogP contribution in [-0.4, -0.2) is 55.5 Å². The molecule has 1 saturated heterocycles. The van der Waals surface area contributed by atoms with Gasteiger partial charge in [-0.25, -0.2) is 9.48 Å². The van der Waals surface area contributed by atoms with E-state index in [2.05, 4.69) is 5.10 Å². The zero-order chi connectivity index (χ0) is 18.2. The van der Waals surface area contributed by atoms with Crippen molar-refractivity contribution in [2.24, 2.45) is 0 Å². The summed E-state index contributed by atoms with van der Waals surface area (Å²) in [5.74, 6) is -1.47. The normalized spacial score (nSPS) is 16.7. The predicted molar refractivity (Wildman–Crippen MR) is 91.0 cm³/mol. The number of amides is 1. The highest BCUT2D eigenvalue weighted by atomic mass is 35.5. The number of aliphatic carboxylic acids is 1. The number of piperidine rings is 1. The van der Waals surface area contributed by atoms with Crippen LogP contribution in [-0.2, 0) is 4.79 Å². The highest BCUT2D eigenvalue weighted by molar-refractivity contribution is 6.30. The van der Waals surface area contributed by atoms with E-state index >= 15 is 0 Å². The molecule has 1 aromatic carbocycles. The Balaban J connectivity index is 1.79. The van der Waals surface area contributed by atoms with E-state index in [1.807, 2.05) is 6.07 Å². The van der Waals surface area contributed by atoms with Crippen molar-refractivity contribution in [2.45, 2.75) is 25.4 Å². The second-order valence-corrected chi connectivity index (χ2v) is 6.60. The van der Waals surface area contributed by atoms with E-state index in [-0.39, 0.29) is 31.8 Å². The van der Waals surface area contributed by atoms with Gasteiger partial charge in [0.1, 0.15) is 0 Å². The Morgan fingerprint density at radius 2 is 1.96 bits per heavy atom. The summed E-state index contributed by atoms with van der Waals surface area (Å²) in [5, 5.41) is 23.9. The van der Waals surface area contributed by atoms with Crippen LogP contribution in [0.5, 0.6) is 0 Å². The molecule has 2 aromatic rings. The van der Waals surface area contributed by atoms with E-state index in [1.165, 1.54) is 6.20 Å². The molecule has 0 spiro atoms. The maximum Gasteiger partial charge on any atom is 0.335 e. The molecule has 0 radical (unpaired) electrons. The van der Waals surface area contributed by atoms with Crippen molar-refractivity contribution >= 4 is 23.5 Å². The van der Waals surface area contributed by atoms with E-state index in [0.717, 1.165) is 5.69 Å². The Bertz CT molecular complexity index is 825. The molecule has 0 atom stereocenters. The minimum absolute atomic E-state index is 0.00948. The summed E-state index contributed by atoms with van der Waals surface area (Å²) in [7, 11) is 0. The van der Waals surface area contributed by atoms with Gasteiger partial charge < -0.3 is 15.1 Å². The van der Waals surface area contributed by atoms with E-state index in [9.17, 15) is 14.7 Å². The van der Waals surface area contributed by atoms with Crippen LogP contribution in [0.2, 0.25) is 5.02 Å². The van der Waals surface area contributed by atoms with Gasteiger partial charge in [-0.05, 0) is 25.1 Å². The number of halogens is 1. The first-order chi connectivity index (χ1) is 11.8. The minimum atomic E-state index is -1.75. The van der Waals surface area contributed by atoms with Gasteiger partial charge in [-0.3, -0.25) is 4.79 Å². The number of nitrogens with zero attached hydrogens (tertiary/aromatic N) is 3. The highest BCUT2D eigenvalue weighted by Gasteiger charge is 2.40. The third-order valence-electron chi connectivity index (χ3n) is 4.57. The summed E-state index contributed by atoms with van der Waals surface area (Å²) in [6.45, 7) is 2.16. The molecule has 132 valence electrons. The van der Waals surface area contributed by atoms with Crippen LogP contribution < -0.4 is 0 Å². The number of rotatable bonds is 3. The summed E-state index contributed by atoms with van der Waals surface area (Å²) in [6, 6.07) is 7.16. The topological polar surface area (TPSA) is 95.7 Å². The van der Waals surface area contributed by atoms with Crippen molar-refractivity contribution in [2.75, 3.05) is 13.1 Å². The average Bonchev–Trinajstić information content (AvgIpc) is 2.96. The summed E-state index contributed by atoms with van der Waals surface area (Å²) >= 11 is 6.00. The first kappa shape index (κ1) is 17.4.